The van der Waals surface area contributed by atoms with E-state index in [1.165, 1.54) is 13.2 Å². The van der Waals surface area contributed by atoms with Crippen LogP contribution in [-0.4, -0.2) is 48.8 Å². The van der Waals surface area contributed by atoms with Crippen molar-refractivity contribution in [1.29, 1.82) is 5.41 Å². The van der Waals surface area contributed by atoms with Crippen LogP contribution in [0, 0.1) is 12.3 Å². The van der Waals surface area contributed by atoms with E-state index < -0.39 is 15.7 Å². The minimum atomic E-state index is -3.74. The number of halogens is 1. The zero-order valence-electron chi connectivity index (χ0n) is 18.3. The number of nitrogens with one attached hydrogen (secondary N) is 1. The second-order valence-corrected chi connectivity index (χ2v) is 10.5. The van der Waals surface area contributed by atoms with Gasteiger partial charge in [0.2, 0.25) is 20.2 Å². The van der Waals surface area contributed by atoms with Crippen LogP contribution in [0.2, 0.25) is 5.02 Å². The summed E-state index contributed by atoms with van der Waals surface area (Å²) in [6, 6.07) is 11.0. The van der Waals surface area contributed by atoms with E-state index in [9.17, 15) is 13.2 Å². The molecule has 12 heteroatoms. The van der Waals surface area contributed by atoms with Crippen molar-refractivity contribution in [1.82, 2.24) is 4.90 Å². The molecule has 34 heavy (non-hydrogen) atoms. The smallest absolute Gasteiger partial charge is 0.283 e. The number of amides is 1. The first-order valence-electron chi connectivity index (χ1n) is 9.83. The van der Waals surface area contributed by atoms with E-state index in [4.69, 9.17) is 26.5 Å². The number of carbonyl (C=O) groups is 1. The molecule has 9 nitrogen and oxygen atoms in total. The monoisotopic (exact) mass is 518 g/mol. The van der Waals surface area contributed by atoms with E-state index in [0.717, 1.165) is 34.2 Å². The van der Waals surface area contributed by atoms with E-state index in [1.807, 2.05) is 31.2 Å². The van der Waals surface area contributed by atoms with E-state index in [1.54, 1.807) is 12.1 Å². The van der Waals surface area contributed by atoms with Gasteiger partial charge >= 0.3 is 0 Å². The van der Waals surface area contributed by atoms with Crippen LogP contribution in [0.25, 0.3) is 6.08 Å². The number of nitrogens with zero attached hydrogens (tertiary/aromatic N) is 3. The summed E-state index contributed by atoms with van der Waals surface area (Å²) < 4.78 is 39.3. The first kappa shape index (κ1) is 24.0. The van der Waals surface area contributed by atoms with Gasteiger partial charge in [-0.3, -0.25) is 10.2 Å². The van der Waals surface area contributed by atoms with Crippen LogP contribution >= 0.6 is 23.5 Å². The summed E-state index contributed by atoms with van der Waals surface area (Å²) in [6.45, 7) is 2.26. The number of aryl methyl sites for hydroxylation is 1. The summed E-state index contributed by atoms with van der Waals surface area (Å²) >= 11 is 7.19. The first-order chi connectivity index (χ1) is 16.1. The number of hydrogen-bond donors (Lipinski definition) is 1. The Kier molecular flexibility index (Phi) is 6.52. The number of sulfone groups is 1. The highest BCUT2D eigenvalue weighted by molar-refractivity contribution is 8.16. The third-order valence-corrected chi connectivity index (χ3v) is 6.89. The van der Waals surface area contributed by atoms with Crippen molar-refractivity contribution in [2.24, 2.45) is 9.39 Å². The molecule has 2 aromatic rings. The van der Waals surface area contributed by atoms with Crippen molar-refractivity contribution in [3.63, 3.8) is 0 Å². The molecule has 0 fully saturated rings. The van der Waals surface area contributed by atoms with Gasteiger partial charge in [-0.25, -0.2) is 13.3 Å². The molecule has 0 spiro atoms. The summed E-state index contributed by atoms with van der Waals surface area (Å²) in [5.41, 5.74) is 2.40. The maximum atomic E-state index is 12.6. The summed E-state index contributed by atoms with van der Waals surface area (Å²) in [6.07, 6.45) is 2.37. The average molecular weight is 519 g/mol. The number of hydrogen-bond acceptors (Lipinski definition) is 8. The molecule has 0 radical (unpaired) electrons. The van der Waals surface area contributed by atoms with Gasteiger partial charge in [0.15, 0.2) is 11.5 Å². The van der Waals surface area contributed by atoms with Gasteiger partial charge in [0.25, 0.3) is 5.91 Å². The molecule has 0 saturated heterocycles. The minimum absolute atomic E-state index is 0.0167. The van der Waals surface area contributed by atoms with Gasteiger partial charge < -0.3 is 9.47 Å². The number of ether oxygens (including phenoxy) is 2. The molecule has 4 rings (SSSR count). The number of aliphatic imine (C=N–C) groups is 1. The molecule has 2 aliphatic heterocycles. The van der Waals surface area contributed by atoms with Gasteiger partial charge in [-0.2, -0.15) is 9.39 Å². The van der Waals surface area contributed by atoms with Gasteiger partial charge in [-0.1, -0.05) is 41.4 Å². The lowest BCUT2D eigenvalue weighted by molar-refractivity contribution is -0.114. The number of amidine groups is 3. The van der Waals surface area contributed by atoms with Crippen molar-refractivity contribution < 1.29 is 22.7 Å². The molecular formula is C22H19ClN4O5S2. The molecule has 0 bridgehead atoms. The molecular weight excluding hydrogens is 500 g/mol. The molecule has 0 unspecified atom stereocenters. The zero-order valence-corrected chi connectivity index (χ0v) is 20.7. The van der Waals surface area contributed by atoms with E-state index in [0.29, 0.717) is 17.1 Å². The van der Waals surface area contributed by atoms with Crippen molar-refractivity contribution in [3.05, 3.63) is 63.7 Å². The number of rotatable bonds is 5. The van der Waals surface area contributed by atoms with E-state index in [2.05, 4.69) is 9.39 Å². The number of fused-ring (bicyclic) bond motifs is 1. The highest BCUT2D eigenvalue weighted by atomic mass is 35.5. The molecule has 176 valence electrons. The molecule has 2 heterocycles. The Hall–Kier alpha value is -3.15. The lowest BCUT2D eigenvalue weighted by Gasteiger charge is -2.24. The predicted molar refractivity (Wildman–Crippen MR) is 133 cm³/mol. The third-order valence-electron chi connectivity index (χ3n) is 4.85. The summed E-state index contributed by atoms with van der Waals surface area (Å²) in [5.74, 6) is -0.371. The Bertz CT molecular complexity index is 1420. The topological polar surface area (TPSA) is 121 Å². The quantitative estimate of drug-likeness (QED) is 0.471. The van der Waals surface area contributed by atoms with Crippen LogP contribution in [0.4, 0.5) is 0 Å². The maximum absolute atomic E-state index is 12.6. The number of methoxy groups -OCH3 is 1. The Morgan fingerprint density at radius 2 is 2.03 bits per heavy atom. The fourth-order valence-corrected chi connectivity index (χ4v) is 5.44. The Morgan fingerprint density at radius 1 is 1.26 bits per heavy atom. The maximum Gasteiger partial charge on any atom is 0.283 e. The number of carbonyl (C=O) groups excluding carboxylic acids is 1. The van der Waals surface area contributed by atoms with Gasteiger partial charge in [0, 0.05) is 6.26 Å². The van der Waals surface area contributed by atoms with Crippen molar-refractivity contribution in [2.45, 2.75) is 13.5 Å². The highest BCUT2D eigenvalue weighted by Crippen LogP contribution is 2.38. The first-order valence-corrected chi connectivity index (χ1v) is 12.9. The van der Waals surface area contributed by atoms with Crippen LogP contribution in [-0.2, 0) is 21.2 Å². The van der Waals surface area contributed by atoms with Gasteiger partial charge in [0.05, 0.1) is 29.7 Å². The molecule has 0 saturated carbocycles. The summed E-state index contributed by atoms with van der Waals surface area (Å²) in [5, 5.41) is 8.35. The second kappa shape index (κ2) is 9.24. The third kappa shape index (κ3) is 4.72. The molecule has 0 atom stereocenters. The van der Waals surface area contributed by atoms with Crippen LogP contribution in [0.1, 0.15) is 16.7 Å². The van der Waals surface area contributed by atoms with E-state index >= 15 is 0 Å². The van der Waals surface area contributed by atoms with Crippen molar-refractivity contribution in [3.8, 4) is 11.5 Å². The van der Waals surface area contributed by atoms with Crippen LogP contribution < -0.4 is 9.47 Å². The van der Waals surface area contributed by atoms with Gasteiger partial charge in [-0.15, -0.1) is 0 Å². The highest BCUT2D eigenvalue weighted by Gasteiger charge is 2.41. The fraction of sp³-hybridized carbons (Fsp3) is 0.182. The zero-order chi connectivity index (χ0) is 24.6. The van der Waals surface area contributed by atoms with Crippen molar-refractivity contribution >= 4 is 61.5 Å². The average Bonchev–Trinajstić information content (AvgIpc) is 3.20. The summed E-state index contributed by atoms with van der Waals surface area (Å²) in [4.78, 5) is 17.5. The molecule has 1 N–H and O–H groups in total. The van der Waals surface area contributed by atoms with Gasteiger partial charge in [0.1, 0.15) is 12.4 Å². The van der Waals surface area contributed by atoms with Gasteiger partial charge in [-0.05, 0) is 36.3 Å². The second-order valence-electron chi connectivity index (χ2n) is 7.49. The molecule has 2 aliphatic rings. The van der Waals surface area contributed by atoms with E-state index in [-0.39, 0.29) is 33.4 Å². The lowest BCUT2D eigenvalue weighted by atomic mass is 10.1. The number of benzene rings is 2. The molecule has 2 aromatic carbocycles. The van der Waals surface area contributed by atoms with Crippen molar-refractivity contribution in [2.75, 3.05) is 13.4 Å². The lowest BCUT2D eigenvalue weighted by Crippen LogP contribution is -2.45. The predicted octanol–water partition coefficient (Wildman–Crippen LogP) is 3.86. The largest absolute Gasteiger partial charge is 0.493 e. The molecule has 1 amide bonds. The standard InChI is InChI=1S/C22H19ClN4O5S2/c1-12-5-4-6-13(7-12)11-32-18-16(23)9-14(10-17(18)31-2)8-15-19(24)27-21(25-20(15)28)33-26-22(27)34(3,29)30/h4-10,24H,11H2,1-3H3. The minimum Gasteiger partial charge on any atom is -0.493 e. The Morgan fingerprint density at radius 3 is 2.71 bits per heavy atom. The molecule has 0 aromatic heterocycles. The Labute approximate surface area is 205 Å². The summed E-state index contributed by atoms with van der Waals surface area (Å²) in [7, 11) is -2.28. The van der Waals surface area contributed by atoms with Crippen LogP contribution in [0.5, 0.6) is 11.5 Å². The van der Waals surface area contributed by atoms with Crippen LogP contribution in [0.3, 0.4) is 0 Å². The van der Waals surface area contributed by atoms with Crippen LogP contribution in [0.15, 0.2) is 51.4 Å². The molecule has 0 aliphatic carbocycles. The fourth-order valence-electron chi connectivity index (χ4n) is 3.32. The normalized spacial score (nSPS) is 16.9. The Balaban J connectivity index is 1.65. The SMILES string of the molecule is COc1cc(C=C2C(=N)N3C(=NC2=O)SN=C3S(C)(=O)=O)cc(Cl)c1OCc1cccc(C)c1.